The number of hydrogen-bond donors (Lipinski definition) is 0. The SMILES string of the molecule is Cn1c(SCCCCl)nnc1C1CCC(O[Si](C)(C)C(C)(C)C)CC1. The molecule has 0 amide bonds. The molecule has 2 rings (SSSR count). The minimum absolute atomic E-state index is 0.280. The summed E-state index contributed by atoms with van der Waals surface area (Å²) < 4.78 is 8.79. The molecule has 0 spiro atoms. The van der Waals surface area contributed by atoms with Crippen LogP contribution in [-0.2, 0) is 11.5 Å². The standard InChI is InChI=1S/C18H34ClN3OSSi/c1-18(2,3)25(5,6)23-15-10-8-14(9-11-15)16-20-21-17(22(16)4)24-13-7-12-19/h14-15H,7-13H2,1-6H3. The molecule has 0 N–H and O–H groups in total. The highest BCUT2D eigenvalue weighted by molar-refractivity contribution is 7.99. The van der Waals surface area contributed by atoms with Gasteiger partial charge in [-0.3, -0.25) is 0 Å². The molecule has 1 saturated carbocycles. The molecule has 4 nitrogen and oxygen atoms in total. The van der Waals surface area contributed by atoms with Crippen molar-refractivity contribution in [2.24, 2.45) is 7.05 Å². The summed E-state index contributed by atoms with van der Waals surface area (Å²) in [5, 5.41) is 10.2. The van der Waals surface area contributed by atoms with Crippen LogP contribution in [0.1, 0.15) is 64.6 Å². The van der Waals surface area contributed by atoms with E-state index in [9.17, 15) is 0 Å². The summed E-state index contributed by atoms with van der Waals surface area (Å²) in [5.41, 5.74) is 0. The van der Waals surface area contributed by atoms with Gasteiger partial charge in [-0.15, -0.1) is 21.8 Å². The van der Waals surface area contributed by atoms with Crippen LogP contribution in [0.2, 0.25) is 18.1 Å². The van der Waals surface area contributed by atoms with Gasteiger partial charge in [-0.1, -0.05) is 32.5 Å². The maximum atomic E-state index is 6.61. The molecular formula is C18H34ClN3OSSi. The molecule has 0 aromatic carbocycles. The van der Waals surface area contributed by atoms with Gasteiger partial charge in [0, 0.05) is 30.7 Å². The minimum atomic E-state index is -1.67. The average Bonchev–Trinajstić information content (AvgIpc) is 2.88. The number of nitrogens with zero attached hydrogens (tertiary/aromatic N) is 3. The summed E-state index contributed by atoms with van der Waals surface area (Å²) in [6.07, 6.45) is 6.00. The Morgan fingerprint density at radius 3 is 2.40 bits per heavy atom. The lowest BCUT2D eigenvalue weighted by atomic mass is 9.87. The first kappa shape index (κ1) is 21.3. The van der Waals surface area contributed by atoms with E-state index < -0.39 is 8.32 Å². The zero-order chi connectivity index (χ0) is 18.7. The number of halogens is 1. The Morgan fingerprint density at radius 1 is 1.20 bits per heavy atom. The van der Waals surface area contributed by atoms with Gasteiger partial charge in [0.15, 0.2) is 13.5 Å². The predicted octanol–water partition coefficient (Wildman–Crippen LogP) is 5.58. The summed E-state index contributed by atoms with van der Waals surface area (Å²) in [4.78, 5) is 0. The molecule has 0 atom stereocenters. The maximum Gasteiger partial charge on any atom is 0.192 e. The van der Waals surface area contributed by atoms with Gasteiger partial charge < -0.3 is 8.99 Å². The highest BCUT2D eigenvalue weighted by Crippen LogP contribution is 2.41. The summed E-state index contributed by atoms with van der Waals surface area (Å²) >= 11 is 7.51. The molecule has 1 aliphatic carbocycles. The molecule has 1 aromatic rings. The van der Waals surface area contributed by atoms with Crippen LogP contribution in [0.3, 0.4) is 0 Å². The Hall–Kier alpha value is -0.0431. The van der Waals surface area contributed by atoms with Gasteiger partial charge in [-0.2, -0.15) is 0 Å². The van der Waals surface area contributed by atoms with Crippen LogP contribution in [0.4, 0.5) is 0 Å². The van der Waals surface area contributed by atoms with E-state index in [0.29, 0.717) is 17.9 Å². The van der Waals surface area contributed by atoms with Crippen molar-refractivity contribution in [3.8, 4) is 0 Å². The van der Waals surface area contributed by atoms with Gasteiger partial charge in [-0.25, -0.2) is 0 Å². The van der Waals surface area contributed by atoms with E-state index in [2.05, 4.69) is 55.7 Å². The average molecular weight is 404 g/mol. The van der Waals surface area contributed by atoms with E-state index in [1.54, 1.807) is 11.8 Å². The van der Waals surface area contributed by atoms with Crippen molar-refractivity contribution >= 4 is 31.7 Å². The first-order valence-corrected chi connectivity index (χ1v) is 13.8. The smallest absolute Gasteiger partial charge is 0.192 e. The number of rotatable bonds is 7. The first-order chi connectivity index (χ1) is 11.7. The van der Waals surface area contributed by atoms with E-state index in [1.165, 1.54) is 0 Å². The van der Waals surface area contributed by atoms with Crippen LogP contribution in [0.5, 0.6) is 0 Å². The van der Waals surface area contributed by atoms with E-state index in [0.717, 1.165) is 48.8 Å². The van der Waals surface area contributed by atoms with Crippen molar-refractivity contribution in [2.45, 2.75) is 88.2 Å². The molecular weight excluding hydrogens is 370 g/mol. The molecule has 144 valence electrons. The summed E-state index contributed by atoms with van der Waals surface area (Å²) in [6.45, 7) is 11.6. The molecule has 1 heterocycles. The Balaban J connectivity index is 1.90. The Kier molecular flexibility index (Phi) is 7.45. The fraction of sp³-hybridized carbons (Fsp3) is 0.889. The molecule has 1 aliphatic rings. The molecule has 0 bridgehead atoms. The fourth-order valence-electron chi connectivity index (χ4n) is 3.06. The Morgan fingerprint density at radius 2 is 1.84 bits per heavy atom. The highest BCUT2D eigenvalue weighted by atomic mass is 35.5. The summed E-state index contributed by atoms with van der Waals surface area (Å²) in [7, 11) is 0.427. The van der Waals surface area contributed by atoms with Gasteiger partial charge >= 0.3 is 0 Å². The summed E-state index contributed by atoms with van der Waals surface area (Å²) in [5.74, 6) is 3.36. The van der Waals surface area contributed by atoms with Crippen LogP contribution < -0.4 is 0 Å². The van der Waals surface area contributed by atoms with Gasteiger partial charge in [0.1, 0.15) is 5.82 Å². The van der Waals surface area contributed by atoms with Crippen LogP contribution in [0.15, 0.2) is 5.16 Å². The predicted molar refractivity (Wildman–Crippen MR) is 110 cm³/mol. The lowest BCUT2D eigenvalue weighted by Gasteiger charge is -2.41. The zero-order valence-corrected chi connectivity index (χ0v) is 19.2. The van der Waals surface area contributed by atoms with Gasteiger partial charge in [0.2, 0.25) is 0 Å². The van der Waals surface area contributed by atoms with Crippen molar-refractivity contribution in [1.29, 1.82) is 0 Å². The lowest BCUT2D eigenvalue weighted by molar-refractivity contribution is 0.128. The molecule has 1 aromatic heterocycles. The highest BCUT2D eigenvalue weighted by Gasteiger charge is 2.40. The second kappa shape index (κ2) is 8.76. The minimum Gasteiger partial charge on any atom is -0.414 e. The largest absolute Gasteiger partial charge is 0.414 e. The van der Waals surface area contributed by atoms with E-state index in [-0.39, 0.29) is 5.04 Å². The van der Waals surface area contributed by atoms with E-state index >= 15 is 0 Å². The number of aromatic nitrogens is 3. The monoisotopic (exact) mass is 403 g/mol. The van der Waals surface area contributed by atoms with E-state index in [1.807, 2.05) is 0 Å². The zero-order valence-electron chi connectivity index (χ0n) is 16.6. The lowest BCUT2D eigenvalue weighted by Crippen LogP contribution is -2.44. The van der Waals surface area contributed by atoms with Crippen LogP contribution in [0.25, 0.3) is 0 Å². The van der Waals surface area contributed by atoms with Crippen molar-refractivity contribution in [3.05, 3.63) is 5.82 Å². The third-order valence-corrected chi connectivity index (χ3v) is 11.6. The van der Waals surface area contributed by atoms with Crippen molar-refractivity contribution < 1.29 is 4.43 Å². The molecule has 0 saturated heterocycles. The Labute approximate surface area is 163 Å². The second-order valence-corrected chi connectivity index (χ2v) is 14.8. The number of hydrogen-bond acceptors (Lipinski definition) is 4. The maximum absolute atomic E-state index is 6.61. The van der Waals surface area contributed by atoms with Crippen molar-refractivity contribution in [3.63, 3.8) is 0 Å². The number of thioether (sulfide) groups is 1. The normalized spacial score (nSPS) is 22.4. The molecule has 0 unspecified atom stereocenters. The molecule has 0 aliphatic heterocycles. The fourth-order valence-corrected chi connectivity index (χ4v) is 5.63. The summed E-state index contributed by atoms with van der Waals surface area (Å²) in [6, 6.07) is 0. The number of alkyl halides is 1. The quantitative estimate of drug-likeness (QED) is 0.257. The van der Waals surface area contributed by atoms with Crippen LogP contribution >= 0.6 is 23.4 Å². The Bertz CT molecular complexity index is 551. The van der Waals surface area contributed by atoms with Crippen molar-refractivity contribution in [2.75, 3.05) is 11.6 Å². The van der Waals surface area contributed by atoms with E-state index in [4.69, 9.17) is 16.0 Å². The second-order valence-electron chi connectivity index (χ2n) is 8.64. The van der Waals surface area contributed by atoms with Crippen LogP contribution in [0, 0.1) is 0 Å². The van der Waals surface area contributed by atoms with Crippen molar-refractivity contribution in [1.82, 2.24) is 14.8 Å². The van der Waals surface area contributed by atoms with Gasteiger partial charge in [0.05, 0.1) is 0 Å². The third kappa shape index (κ3) is 5.47. The third-order valence-electron chi connectivity index (χ3n) is 5.68. The molecule has 7 heteroatoms. The molecule has 0 radical (unpaired) electrons. The van der Waals surface area contributed by atoms with Gasteiger partial charge in [0.25, 0.3) is 0 Å². The van der Waals surface area contributed by atoms with Crippen LogP contribution in [-0.4, -0.2) is 40.8 Å². The topological polar surface area (TPSA) is 39.9 Å². The molecule has 25 heavy (non-hydrogen) atoms. The first-order valence-electron chi connectivity index (χ1n) is 9.41. The molecule has 1 fully saturated rings. The van der Waals surface area contributed by atoms with Gasteiger partial charge in [-0.05, 0) is 50.2 Å².